The Morgan fingerprint density at radius 2 is 1.88 bits per heavy atom. The van der Waals surface area contributed by atoms with E-state index in [4.69, 9.17) is 5.11 Å². The number of hydrogen-bond donors (Lipinski definition) is 1. The van der Waals surface area contributed by atoms with Crippen LogP contribution in [0.2, 0.25) is 0 Å². The number of aromatic nitrogens is 1. The zero-order chi connectivity index (χ0) is 16.9. The molecule has 0 radical (unpaired) electrons. The monoisotopic (exact) mass is 341 g/mol. The maximum atomic E-state index is 14.0. The molecule has 0 aliphatic rings. The van der Waals surface area contributed by atoms with E-state index in [1.165, 1.54) is 6.07 Å². The highest BCUT2D eigenvalue weighted by molar-refractivity contribution is 7.19. The third kappa shape index (κ3) is 3.86. The van der Waals surface area contributed by atoms with Crippen LogP contribution in [0.3, 0.4) is 0 Å². The number of thiazole rings is 1. The topological polar surface area (TPSA) is 50.2 Å². The number of carboxylic acid groups (broad SMARTS) is 1. The van der Waals surface area contributed by atoms with Crippen molar-refractivity contribution in [3.63, 3.8) is 0 Å². The van der Waals surface area contributed by atoms with Crippen LogP contribution in [0.5, 0.6) is 0 Å². The molecular weight excluding hydrogens is 325 g/mol. The Labute approximate surface area is 143 Å². The summed E-state index contributed by atoms with van der Waals surface area (Å²) in [5.74, 6) is -1.13. The van der Waals surface area contributed by atoms with Crippen molar-refractivity contribution in [2.45, 2.75) is 19.3 Å². The average Bonchev–Trinajstić information content (AvgIpc) is 2.99. The van der Waals surface area contributed by atoms with Crippen LogP contribution >= 0.6 is 11.3 Å². The molecule has 1 N–H and O–H groups in total. The Bertz CT molecular complexity index is 868. The zero-order valence-electron chi connectivity index (χ0n) is 12.9. The van der Waals surface area contributed by atoms with Crippen LogP contribution in [-0.2, 0) is 4.79 Å². The van der Waals surface area contributed by atoms with Crippen molar-refractivity contribution in [3.05, 3.63) is 64.9 Å². The minimum Gasteiger partial charge on any atom is -0.481 e. The molecule has 0 aliphatic heterocycles. The van der Waals surface area contributed by atoms with Crippen LogP contribution in [-0.4, -0.2) is 16.1 Å². The Kier molecular flexibility index (Phi) is 5.01. The fourth-order valence-corrected chi connectivity index (χ4v) is 3.47. The number of benzene rings is 2. The second kappa shape index (κ2) is 7.36. The van der Waals surface area contributed by atoms with E-state index in [1.807, 2.05) is 24.3 Å². The SMILES string of the molecule is O=C(O)CCC/C(=C\c1ccccc1F)c1nc2ccccc2s1. The van der Waals surface area contributed by atoms with Crippen molar-refractivity contribution in [3.8, 4) is 0 Å². The van der Waals surface area contributed by atoms with Crippen molar-refractivity contribution in [1.82, 2.24) is 4.98 Å². The molecule has 0 spiro atoms. The van der Waals surface area contributed by atoms with Crippen molar-refractivity contribution < 1.29 is 14.3 Å². The van der Waals surface area contributed by atoms with Gasteiger partial charge < -0.3 is 5.11 Å². The number of carboxylic acids is 1. The first-order valence-electron chi connectivity index (χ1n) is 7.66. The minimum atomic E-state index is -0.829. The van der Waals surface area contributed by atoms with Crippen LogP contribution < -0.4 is 0 Å². The van der Waals surface area contributed by atoms with Crippen molar-refractivity contribution >= 4 is 39.2 Å². The van der Waals surface area contributed by atoms with Crippen LogP contribution in [0.4, 0.5) is 4.39 Å². The normalized spacial score (nSPS) is 11.8. The first-order valence-corrected chi connectivity index (χ1v) is 8.48. The van der Waals surface area contributed by atoms with Gasteiger partial charge in [-0.25, -0.2) is 9.37 Å². The Morgan fingerprint density at radius 1 is 1.12 bits per heavy atom. The van der Waals surface area contributed by atoms with Crippen molar-refractivity contribution in [2.75, 3.05) is 0 Å². The summed E-state index contributed by atoms with van der Waals surface area (Å²) in [7, 11) is 0. The van der Waals surface area contributed by atoms with E-state index < -0.39 is 5.97 Å². The molecule has 0 bridgehead atoms. The second-order valence-electron chi connectivity index (χ2n) is 5.43. The number of nitrogens with zero attached hydrogens (tertiary/aromatic N) is 1. The standard InChI is InChI=1S/C19H16FNO2S/c20-15-8-2-1-6-13(15)12-14(7-5-11-18(22)23)19-21-16-9-3-4-10-17(16)24-19/h1-4,6,8-10,12H,5,7,11H2,(H,22,23)/b14-12+. The molecule has 0 saturated carbocycles. The molecule has 2 aromatic carbocycles. The lowest BCUT2D eigenvalue weighted by Gasteiger charge is -2.05. The quantitative estimate of drug-likeness (QED) is 0.668. The molecule has 0 atom stereocenters. The lowest BCUT2D eigenvalue weighted by Crippen LogP contribution is -1.95. The van der Waals surface area contributed by atoms with Gasteiger partial charge in [-0.3, -0.25) is 4.79 Å². The van der Waals surface area contributed by atoms with Gasteiger partial charge in [0.15, 0.2) is 0 Å². The molecular formula is C19H16FNO2S. The summed E-state index contributed by atoms with van der Waals surface area (Å²) in [6.07, 6.45) is 2.89. The lowest BCUT2D eigenvalue weighted by atomic mass is 10.0. The molecule has 0 aliphatic carbocycles. The molecule has 3 nitrogen and oxygen atoms in total. The van der Waals surface area contributed by atoms with E-state index in [2.05, 4.69) is 4.98 Å². The number of aliphatic carboxylic acids is 1. The first kappa shape index (κ1) is 16.3. The smallest absolute Gasteiger partial charge is 0.303 e. The molecule has 1 heterocycles. The molecule has 3 rings (SSSR count). The number of para-hydroxylation sites is 1. The largest absolute Gasteiger partial charge is 0.481 e. The molecule has 5 heteroatoms. The molecule has 1 aromatic heterocycles. The van der Waals surface area contributed by atoms with Gasteiger partial charge in [0.05, 0.1) is 10.2 Å². The fraction of sp³-hybridized carbons (Fsp3) is 0.158. The average molecular weight is 341 g/mol. The summed E-state index contributed by atoms with van der Waals surface area (Å²) in [5, 5.41) is 9.66. The molecule has 3 aromatic rings. The predicted molar refractivity (Wildman–Crippen MR) is 95.4 cm³/mol. The summed E-state index contributed by atoms with van der Waals surface area (Å²) in [4.78, 5) is 15.4. The Hall–Kier alpha value is -2.53. The van der Waals surface area contributed by atoms with Crippen LogP contribution in [0.25, 0.3) is 21.9 Å². The van der Waals surface area contributed by atoms with E-state index in [1.54, 1.807) is 35.6 Å². The van der Waals surface area contributed by atoms with Crippen LogP contribution in [0.1, 0.15) is 29.8 Å². The predicted octanol–water partition coefficient (Wildman–Crippen LogP) is 5.23. The Morgan fingerprint density at radius 3 is 2.62 bits per heavy atom. The molecule has 0 amide bonds. The van der Waals surface area contributed by atoms with Gasteiger partial charge in [-0.2, -0.15) is 0 Å². The fourth-order valence-electron chi connectivity index (χ4n) is 2.46. The van der Waals surface area contributed by atoms with Crippen LogP contribution in [0, 0.1) is 5.82 Å². The Balaban J connectivity index is 1.97. The number of fused-ring (bicyclic) bond motifs is 1. The number of hydrogen-bond acceptors (Lipinski definition) is 3. The maximum absolute atomic E-state index is 14.0. The molecule has 0 saturated heterocycles. The highest BCUT2D eigenvalue weighted by Gasteiger charge is 2.11. The summed E-state index contributed by atoms with van der Waals surface area (Å²) in [6.45, 7) is 0. The van der Waals surface area contributed by atoms with Gasteiger partial charge in [-0.15, -0.1) is 11.3 Å². The van der Waals surface area contributed by atoms with E-state index in [0.717, 1.165) is 20.8 Å². The first-order chi connectivity index (χ1) is 11.6. The summed E-state index contributed by atoms with van der Waals surface area (Å²) in [5.41, 5.74) is 2.25. The number of rotatable bonds is 6. The van der Waals surface area contributed by atoms with Gasteiger partial charge in [0.1, 0.15) is 10.8 Å². The highest BCUT2D eigenvalue weighted by atomic mass is 32.1. The van der Waals surface area contributed by atoms with Gasteiger partial charge in [0.25, 0.3) is 0 Å². The van der Waals surface area contributed by atoms with E-state index in [9.17, 15) is 9.18 Å². The number of allylic oxidation sites excluding steroid dienone is 1. The van der Waals surface area contributed by atoms with Crippen molar-refractivity contribution in [1.29, 1.82) is 0 Å². The number of carbonyl (C=O) groups is 1. The summed E-state index contributed by atoms with van der Waals surface area (Å²) < 4.78 is 15.0. The molecule has 122 valence electrons. The zero-order valence-corrected chi connectivity index (χ0v) is 13.7. The van der Waals surface area contributed by atoms with E-state index in [0.29, 0.717) is 18.4 Å². The molecule has 24 heavy (non-hydrogen) atoms. The van der Waals surface area contributed by atoms with E-state index in [-0.39, 0.29) is 12.2 Å². The molecule has 0 fully saturated rings. The minimum absolute atomic E-state index is 0.0828. The third-order valence-electron chi connectivity index (χ3n) is 3.64. The highest BCUT2D eigenvalue weighted by Crippen LogP contribution is 2.31. The summed E-state index contributed by atoms with van der Waals surface area (Å²) >= 11 is 1.54. The van der Waals surface area contributed by atoms with Gasteiger partial charge >= 0.3 is 5.97 Å². The van der Waals surface area contributed by atoms with Crippen molar-refractivity contribution in [2.24, 2.45) is 0 Å². The third-order valence-corrected chi connectivity index (χ3v) is 4.75. The summed E-state index contributed by atoms with van der Waals surface area (Å²) in [6, 6.07) is 14.4. The second-order valence-corrected chi connectivity index (χ2v) is 6.46. The molecule has 0 unspecified atom stereocenters. The van der Waals surface area contributed by atoms with Gasteiger partial charge in [0, 0.05) is 12.0 Å². The van der Waals surface area contributed by atoms with Gasteiger partial charge in [0.2, 0.25) is 0 Å². The van der Waals surface area contributed by atoms with Gasteiger partial charge in [-0.05, 0) is 42.7 Å². The maximum Gasteiger partial charge on any atom is 0.303 e. The van der Waals surface area contributed by atoms with E-state index >= 15 is 0 Å². The lowest BCUT2D eigenvalue weighted by molar-refractivity contribution is -0.137. The van der Waals surface area contributed by atoms with Gasteiger partial charge in [-0.1, -0.05) is 30.3 Å². The number of halogens is 1. The van der Waals surface area contributed by atoms with Crippen LogP contribution in [0.15, 0.2) is 48.5 Å².